The van der Waals surface area contributed by atoms with Crippen molar-refractivity contribution in [1.82, 2.24) is 4.90 Å². The van der Waals surface area contributed by atoms with Gasteiger partial charge in [-0.25, -0.2) is 0 Å². The molecular formula is C16H31NO2. The topological polar surface area (TPSA) is 21.7 Å². The molecule has 0 amide bonds. The molecule has 0 radical (unpaired) electrons. The number of likely N-dealkylation sites (tertiary alicyclic amines) is 1. The predicted octanol–water partition coefficient (Wildman–Crippen LogP) is 3.43. The third kappa shape index (κ3) is 4.73. The highest BCUT2D eigenvalue weighted by Crippen LogP contribution is 2.25. The quantitative estimate of drug-likeness (QED) is 0.737. The number of hydrogen-bond acceptors (Lipinski definition) is 3. The summed E-state index contributed by atoms with van der Waals surface area (Å²) in [7, 11) is 0. The number of rotatable bonds is 6. The molecule has 2 saturated heterocycles. The van der Waals surface area contributed by atoms with Gasteiger partial charge in [0.2, 0.25) is 0 Å². The third-order valence-corrected chi connectivity index (χ3v) is 4.60. The lowest BCUT2D eigenvalue weighted by Gasteiger charge is -2.40. The van der Waals surface area contributed by atoms with Gasteiger partial charge in [0.25, 0.3) is 0 Å². The van der Waals surface area contributed by atoms with Crippen LogP contribution in [0.4, 0.5) is 0 Å². The first kappa shape index (κ1) is 15.3. The molecule has 0 N–H and O–H groups in total. The fourth-order valence-corrected chi connectivity index (χ4v) is 3.25. The van der Waals surface area contributed by atoms with Crippen molar-refractivity contribution >= 4 is 0 Å². The summed E-state index contributed by atoms with van der Waals surface area (Å²) in [6.07, 6.45) is 9.14. The molecule has 2 aliphatic rings. The normalized spacial score (nSPS) is 30.6. The minimum absolute atomic E-state index is 0.0587. The highest BCUT2D eigenvalue weighted by atomic mass is 16.7. The molecule has 0 aromatic carbocycles. The number of ether oxygens (including phenoxy) is 2. The lowest BCUT2D eigenvalue weighted by Crippen LogP contribution is -2.50. The molecule has 0 aliphatic carbocycles. The Morgan fingerprint density at radius 2 is 1.63 bits per heavy atom. The summed E-state index contributed by atoms with van der Waals surface area (Å²) >= 11 is 0. The van der Waals surface area contributed by atoms with Crippen molar-refractivity contribution in [3.05, 3.63) is 0 Å². The monoisotopic (exact) mass is 269 g/mol. The smallest absolute Gasteiger partial charge is 0.157 e. The second-order valence-corrected chi connectivity index (χ2v) is 6.16. The predicted molar refractivity (Wildman–Crippen MR) is 78.2 cm³/mol. The van der Waals surface area contributed by atoms with Crippen molar-refractivity contribution in [3.8, 4) is 0 Å². The van der Waals surface area contributed by atoms with Crippen LogP contribution in [0.5, 0.6) is 0 Å². The van der Waals surface area contributed by atoms with Crippen molar-refractivity contribution < 1.29 is 9.47 Å². The summed E-state index contributed by atoms with van der Waals surface area (Å²) in [5.41, 5.74) is 0. The zero-order chi connectivity index (χ0) is 13.5. The molecule has 0 bridgehead atoms. The molecule has 0 saturated carbocycles. The Hall–Kier alpha value is -0.120. The minimum atomic E-state index is 0.0587. The Balaban J connectivity index is 1.65. The Kier molecular flexibility index (Phi) is 6.62. The summed E-state index contributed by atoms with van der Waals surface area (Å²) in [4.78, 5) is 2.59. The summed E-state index contributed by atoms with van der Waals surface area (Å²) in [6, 6.07) is 0.500. The molecule has 0 aromatic heterocycles. The molecule has 0 unspecified atom stereocenters. The second-order valence-electron chi connectivity index (χ2n) is 6.16. The first-order valence-corrected chi connectivity index (χ1v) is 8.30. The molecule has 0 spiro atoms. The minimum Gasteiger partial charge on any atom is -0.351 e. The molecule has 3 heteroatoms. The molecule has 0 aromatic rings. The molecule has 2 fully saturated rings. The average Bonchev–Trinajstić information content (AvgIpc) is 2.47. The number of nitrogens with zero attached hydrogens (tertiary/aromatic N) is 1. The van der Waals surface area contributed by atoms with Gasteiger partial charge in [0.15, 0.2) is 6.29 Å². The van der Waals surface area contributed by atoms with Crippen LogP contribution in [0, 0.1) is 5.92 Å². The van der Waals surface area contributed by atoms with Crippen molar-refractivity contribution in [2.75, 3.05) is 26.3 Å². The van der Waals surface area contributed by atoms with Gasteiger partial charge in [0.05, 0.1) is 19.3 Å². The summed E-state index contributed by atoms with van der Waals surface area (Å²) in [5.74, 6) is 0.967. The van der Waals surface area contributed by atoms with Gasteiger partial charge in [-0.15, -0.1) is 0 Å². The lowest BCUT2D eigenvalue weighted by atomic mass is 9.91. The van der Waals surface area contributed by atoms with Gasteiger partial charge in [-0.05, 0) is 38.3 Å². The number of piperidine rings is 1. The van der Waals surface area contributed by atoms with Gasteiger partial charge < -0.3 is 9.47 Å². The first-order valence-electron chi connectivity index (χ1n) is 8.30. The standard InChI is InChI=1S/C16H31NO2/c1-3-5-7-14-8-10-17(11-9-14)15-12-18-16(6-4-2)19-13-15/h14-16H,3-13H2,1-2H3. The van der Waals surface area contributed by atoms with Crippen molar-refractivity contribution in [3.63, 3.8) is 0 Å². The fraction of sp³-hybridized carbons (Fsp3) is 1.00. The molecule has 19 heavy (non-hydrogen) atoms. The Morgan fingerprint density at radius 1 is 0.947 bits per heavy atom. The van der Waals surface area contributed by atoms with E-state index < -0.39 is 0 Å². The zero-order valence-electron chi connectivity index (χ0n) is 12.8. The second kappa shape index (κ2) is 8.23. The van der Waals surface area contributed by atoms with E-state index in [1.807, 2.05) is 0 Å². The summed E-state index contributed by atoms with van der Waals surface area (Å²) < 4.78 is 11.6. The van der Waals surface area contributed by atoms with E-state index in [4.69, 9.17) is 9.47 Å². The van der Waals surface area contributed by atoms with Gasteiger partial charge in [-0.3, -0.25) is 4.90 Å². The Labute approximate surface area is 118 Å². The van der Waals surface area contributed by atoms with E-state index in [-0.39, 0.29) is 6.29 Å². The van der Waals surface area contributed by atoms with E-state index in [9.17, 15) is 0 Å². The van der Waals surface area contributed by atoms with E-state index in [1.54, 1.807) is 0 Å². The number of unbranched alkanes of at least 4 members (excludes halogenated alkanes) is 1. The zero-order valence-corrected chi connectivity index (χ0v) is 12.8. The van der Waals surface area contributed by atoms with E-state index in [0.29, 0.717) is 6.04 Å². The molecule has 2 aliphatic heterocycles. The van der Waals surface area contributed by atoms with E-state index in [2.05, 4.69) is 18.7 Å². The van der Waals surface area contributed by atoms with Crippen LogP contribution >= 0.6 is 0 Å². The Morgan fingerprint density at radius 3 is 2.21 bits per heavy atom. The maximum absolute atomic E-state index is 5.81. The van der Waals surface area contributed by atoms with Crippen LogP contribution in [0.25, 0.3) is 0 Å². The molecular weight excluding hydrogens is 238 g/mol. The SMILES string of the molecule is CCCCC1CCN(C2COC(CCC)OC2)CC1. The maximum Gasteiger partial charge on any atom is 0.157 e. The molecule has 0 atom stereocenters. The molecule has 2 heterocycles. The van der Waals surface area contributed by atoms with Crippen LogP contribution < -0.4 is 0 Å². The van der Waals surface area contributed by atoms with Crippen molar-refractivity contribution in [1.29, 1.82) is 0 Å². The highest BCUT2D eigenvalue weighted by Gasteiger charge is 2.29. The van der Waals surface area contributed by atoms with Gasteiger partial charge >= 0.3 is 0 Å². The molecule has 3 nitrogen and oxygen atoms in total. The van der Waals surface area contributed by atoms with Crippen LogP contribution in [-0.4, -0.2) is 43.5 Å². The van der Waals surface area contributed by atoms with E-state index >= 15 is 0 Å². The van der Waals surface area contributed by atoms with Crippen LogP contribution in [-0.2, 0) is 9.47 Å². The van der Waals surface area contributed by atoms with E-state index in [0.717, 1.165) is 32.0 Å². The van der Waals surface area contributed by atoms with Crippen molar-refractivity contribution in [2.45, 2.75) is 71.1 Å². The third-order valence-electron chi connectivity index (χ3n) is 4.60. The average molecular weight is 269 g/mol. The lowest BCUT2D eigenvalue weighted by molar-refractivity contribution is -0.208. The number of hydrogen-bond donors (Lipinski definition) is 0. The van der Waals surface area contributed by atoms with Gasteiger partial charge in [-0.2, -0.15) is 0 Å². The maximum atomic E-state index is 5.81. The van der Waals surface area contributed by atoms with Crippen LogP contribution in [0.15, 0.2) is 0 Å². The largest absolute Gasteiger partial charge is 0.351 e. The van der Waals surface area contributed by atoms with Crippen LogP contribution in [0.3, 0.4) is 0 Å². The summed E-state index contributed by atoms with van der Waals surface area (Å²) in [6.45, 7) is 8.68. The molecule has 112 valence electrons. The first-order chi connectivity index (χ1) is 9.33. The van der Waals surface area contributed by atoms with E-state index in [1.165, 1.54) is 45.2 Å². The van der Waals surface area contributed by atoms with Crippen LogP contribution in [0.2, 0.25) is 0 Å². The summed E-state index contributed by atoms with van der Waals surface area (Å²) in [5, 5.41) is 0. The highest BCUT2D eigenvalue weighted by molar-refractivity contribution is 4.80. The molecule has 2 rings (SSSR count). The van der Waals surface area contributed by atoms with Gasteiger partial charge in [0.1, 0.15) is 0 Å². The Bertz CT molecular complexity index is 231. The van der Waals surface area contributed by atoms with Crippen molar-refractivity contribution in [2.24, 2.45) is 5.92 Å². The van der Waals surface area contributed by atoms with Gasteiger partial charge in [0, 0.05) is 0 Å². The van der Waals surface area contributed by atoms with Gasteiger partial charge in [-0.1, -0.05) is 39.5 Å². The van der Waals surface area contributed by atoms with Crippen LogP contribution in [0.1, 0.15) is 58.8 Å². The fourth-order valence-electron chi connectivity index (χ4n) is 3.25.